The van der Waals surface area contributed by atoms with Gasteiger partial charge in [0.15, 0.2) is 0 Å². The molecule has 1 heterocycles. The molecular weight excluding hydrogens is 583 g/mol. The molecule has 1 aromatic heterocycles. The fourth-order valence-electron chi connectivity index (χ4n) is 6.25. The van der Waals surface area contributed by atoms with Crippen molar-refractivity contribution >= 4 is 49.8 Å². The van der Waals surface area contributed by atoms with E-state index in [-0.39, 0.29) is 50.5 Å². The zero-order chi connectivity index (χ0) is 39.7. The summed E-state index contributed by atoms with van der Waals surface area (Å²) in [6.07, 6.45) is 0. The van der Waals surface area contributed by atoms with Crippen molar-refractivity contribution in [3.05, 3.63) is 188 Å². The Morgan fingerprint density at radius 3 is 1.48 bits per heavy atom. The summed E-state index contributed by atoms with van der Waals surface area (Å²) in [5.74, 6) is 0. The zero-order valence-electron chi connectivity index (χ0n) is 34.6. The molecule has 0 aliphatic carbocycles. The van der Waals surface area contributed by atoms with Crippen molar-refractivity contribution in [3.63, 3.8) is 0 Å². The molecule has 0 aliphatic heterocycles. The van der Waals surface area contributed by atoms with Crippen molar-refractivity contribution in [1.29, 1.82) is 0 Å². The number of nitrogens with zero attached hydrogens (tertiary/aromatic N) is 1. The fourth-order valence-corrected chi connectivity index (χ4v) is 6.25. The molecule has 0 spiro atoms. The highest BCUT2D eigenvalue weighted by molar-refractivity contribution is 6.19. The molecule has 8 aromatic carbocycles. The number of hydrogen-bond donors (Lipinski definition) is 0. The van der Waals surface area contributed by atoms with Gasteiger partial charge in [-0.05, 0) is 81.2 Å². The maximum atomic E-state index is 9.41. The average Bonchev–Trinajstić information content (AvgIpc) is 3.65. The van der Waals surface area contributed by atoms with E-state index in [2.05, 4.69) is 36.4 Å². The highest BCUT2D eigenvalue weighted by Gasteiger charge is 2.20. The van der Waals surface area contributed by atoms with E-state index in [1.165, 1.54) is 0 Å². The molecule has 0 aliphatic rings. The molecule has 0 saturated carbocycles. The lowest BCUT2D eigenvalue weighted by atomic mass is 9.99. The van der Waals surface area contributed by atoms with Crippen molar-refractivity contribution in [2.75, 3.05) is 4.90 Å². The van der Waals surface area contributed by atoms with Gasteiger partial charge in [-0.25, -0.2) is 0 Å². The number of fused-ring (bicyclic) bond motifs is 5. The predicted molar refractivity (Wildman–Crippen MR) is 202 cm³/mol. The van der Waals surface area contributed by atoms with Crippen LogP contribution in [0.4, 0.5) is 17.1 Å². The molecule has 0 atom stereocenters. The van der Waals surface area contributed by atoms with Gasteiger partial charge in [-0.15, -0.1) is 0 Å². The highest BCUT2D eigenvalue weighted by Crippen LogP contribution is 2.44. The van der Waals surface area contributed by atoms with Crippen LogP contribution in [0.25, 0.3) is 66.1 Å². The minimum absolute atomic E-state index is 0.0190. The first kappa shape index (κ1) is 20.0. The van der Waals surface area contributed by atoms with Crippen LogP contribution in [-0.2, 0) is 0 Å². The zero-order valence-corrected chi connectivity index (χ0v) is 25.6. The second-order valence-electron chi connectivity index (χ2n) is 11.5. The van der Waals surface area contributed by atoms with E-state index < -0.39 is 42.3 Å². The van der Waals surface area contributed by atoms with Crippen LogP contribution in [0, 0.1) is 0 Å². The molecule has 0 bridgehead atoms. The second-order valence-corrected chi connectivity index (χ2v) is 11.5. The van der Waals surface area contributed by atoms with Gasteiger partial charge in [-0.1, -0.05) is 145 Å². The van der Waals surface area contributed by atoms with Gasteiger partial charge < -0.3 is 9.32 Å². The fraction of sp³-hybridized carbons (Fsp3) is 0. The number of furan rings is 1. The topological polar surface area (TPSA) is 16.4 Å². The Hall–Kier alpha value is -6.38. The van der Waals surface area contributed by atoms with Crippen LogP contribution < -0.4 is 4.90 Å². The van der Waals surface area contributed by atoms with Crippen molar-refractivity contribution in [2.24, 2.45) is 0 Å². The Morgan fingerprint density at radius 1 is 0.417 bits per heavy atom. The predicted octanol–water partition coefficient (Wildman–Crippen LogP) is 13.2. The molecule has 48 heavy (non-hydrogen) atoms. The largest absolute Gasteiger partial charge is 0.455 e. The smallest absolute Gasteiger partial charge is 0.143 e. The summed E-state index contributed by atoms with van der Waals surface area (Å²) in [6, 6.07) is 39.8. The first-order valence-electron chi connectivity index (χ1n) is 20.1. The first-order valence-corrected chi connectivity index (χ1v) is 15.6. The van der Waals surface area contributed by atoms with Crippen molar-refractivity contribution in [2.45, 2.75) is 0 Å². The number of anilines is 3. The average molecular weight is 623 g/mol. The standard InChI is InChI=1S/C46H31NO/c1-3-10-32(11-4-1)34-18-20-35(21-19-34)37-24-29-40(30-25-37)47(39-27-22-36(23-28-39)33-12-5-2-6-13-33)43-16-9-17-44-45(43)42-31-26-38-14-7-8-15-41(38)46(42)48-44/h1-31H/i7D,8D,9D,14D,15D,16D,17D,26D,31D. The summed E-state index contributed by atoms with van der Waals surface area (Å²) >= 11 is 0. The Balaban J connectivity index is 1.29. The minimum Gasteiger partial charge on any atom is -0.455 e. The third-order valence-corrected chi connectivity index (χ3v) is 8.64. The summed E-state index contributed by atoms with van der Waals surface area (Å²) in [5.41, 5.74) is 7.21. The Labute approximate surface area is 292 Å². The van der Waals surface area contributed by atoms with Gasteiger partial charge in [-0.3, -0.25) is 0 Å². The lowest BCUT2D eigenvalue weighted by Gasteiger charge is -2.26. The van der Waals surface area contributed by atoms with Crippen LogP contribution in [-0.4, -0.2) is 0 Å². The summed E-state index contributed by atoms with van der Waals surface area (Å²) in [6.45, 7) is 0. The maximum absolute atomic E-state index is 9.41. The molecule has 2 nitrogen and oxygen atoms in total. The lowest BCUT2D eigenvalue weighted by molar-refractivity contribution is 0.672. The molecule has 9 aromatic rings. The summed E-state index contributed by atoms with van der Waals surface area (Å²) in [4.78, 5) is 1.78. The molecule has 2 heteroatoms. The Bertz CT molecular complexity index is 3020. The molecule has 0 saturated heterocycles. The quantitative estimate of drug-likeness (QED) is 0.183. The summed E-state index contributed by atoms with van der Waals surface area (Å²) < 4.78 is 85.9. The second kappa shape index (κ2) is 11.8. The molecular formula is C46H31NO. The van der Waals surface area contributed by atoms with E-state index >= 15 is 0 Å². The van der Waals surface area contributed by atoms with E-state index in [0.29, 0.717) is 11.4 Å². The summed E-state index contributed by atoms with van der Waals surface area (Å²) in [7, 11) is 0. The number of benzene rings is 8. The third kappa shape index (κ3) is 4.92. The van der Waals surface area contributed by atoms with Crippen LogP contribution in [0.3, 0.4) is 0 Å². The van der Waals surface area contributed by atoms with Crippen LogP contribution in [0.1, 0.15) is 12.3 Å². The lowest BCUT2D eigenvalue weighted by Crippen LogP contribution is -2.10. The van der Waals surface area contributed by atoms with E-state index in [1.54, 1.807) is 4.90 Å². The van der Waals surface area contributed by atoms with Crippen LogP contribution in [0.15, 0.2) is 192 Å². The summed E-state index contributed by atoms with van der Waals surface area (Å²) in [5, 5.41) is -0.135. The van der Waals surface area contributed by atoms with E-state index in [0.717, 1.165) is 33.4 Å². The molecule has 0 fully saturated rings. The number of rotatable bonds is 6. The molecule has 9 rings (SSSR count). The maximum Gasteiger partial charge on any atom is 0.143 e. The molecule has 226 valence electrons. The molecule has 0 amide bonds. The molecule has 0 radical (unpaired) electrons. The van der Waals surface area contributed by atoms with Gasteiger partial charge in [0.05, 0.1) is 23.4 Å². The minimum atomic E-state index is -0.541. The number of hydrogen-bond acceptors (Lipinski definition) is 2. The van der Waals surface area contributed by atoms with E-state index in [4.69, 9.17) is 14.0 Å². The van der Waals surface area contributed by atoms with Crippen molar-refractivity contribution in [3.8, 4) is 33.4 Å². The highest BCUT2D eigenvalue weighted by atomic mass is 16.3. The third-order valence-electron chi connectivity index (χ3n) is 8.64. The van der Waals surface area contributed by atoms with Gasteiger partial charge in [0.25, 0.3) is 0 Å². The van der Waals surface area contributed by atoms with Crippen molar-refractivity contribution < 1.29 is 16.8 Å². The first-order chi connectivity index (χ1) is 27.5. The van der Waals surface area contributed by atoms with Gasteiger partial charge in [0, 0.05) is 22.1 Å². The van der Waals surface area contributed by atoms with Gasteiger partial charge >= 0.3 is 0 Å². The monoisotopic (exact) mass is 622 g/mol. The Morgan fingerprint density at radius 2 is 0.917 bits per heavy atom. The van der Waals surface area contributed by atoms with Crippen LogP contribution in [0.5, 0.6) is 0 Å². The van der Waals surface area contributed by atoms with Gasteiger partial charge in [0.1, 0.15) is 11.2 Å². The molecule has 0 unspecified atom stereocenters. The Kier molecular flexibility index (Phi) is 4.90. The van der Waals surface area contributed by atoms with Crippen LogP contribution in [0.2, 0.25) is 0 Å². The van der Waals surface area contributed by atoms with Crippen molar-refractivity contribution in [1.82, 2.24) is 0 Å². The van der Waals surface area contributed by atoms with Crippen LogP contribution >= 0.6 is 0 Å². The van der Waals surface area contributed by atoms with Gasteiger partial charge in [-0.2, -0.15) is 0 Å². The normalized spacial score (nSPS) is 14.0. The van der Waals surface area contributed by atoms with Gasteiger partial charge in [0.2, 0.25) is 0 Å². The SMILES string of the molecule is [2H]c1c([2H])c(N(c2ccc(-c3ccccc3)cc2)c2ccc(-c3ccc(-c4ccccc4)cc3)cc2)c2c(oc3c4c([2H])c([2H])c([2H])c([2H])c4c([2H])c([2H])c32)c1[2H]. The molecule has 0 N–H and O–H groups in total. The van der Waals surface area contributed by atoms with E-state index in [1.807, 2.05) is 97.1 Å². The van der Waals surface area contributed by atoms with E-state index in [9.17, 15) is 2.74 Å².